The third-order valence-electron chi connectivity index (χ3n) is 2.93. The van der Waals surface area contributed by atoms with Gasteiger partial charge in [0.1, 0.15) is 5.60 Å². The number of rotatable bonds is 0. The van der Waals surface area contributed by atoms with Crippen LogP contribution in [0.3, 0.4) is 0 Å². The van der Waals surface area contributed by atoms with Crippen molar-refractivity contribution in [1.29, 1.82) is 0 Å². The number of hydrogen-bond donors (Lipinski definition) is 1. The standard InChI is InChI=1S/C14H13NO2/c1-14(2)8-7-10-12(16)9-5-3-4-6-11(9)15-13(10)17-14/h3-8H,1-2H3,(H,15,16). The van der Waals surface area contributed by atoms with Crippen LogP contribution in [0.4, 0.5) is 0 Å². The molecule has 0 saturated heterocycles. The summed E-state index contributed by atoms with van der Waals surface area (Å²) in [7, 11) is 0. The molecule has 1 aliphatic heterocycles. The molecule has 3 heteroatoms. The summed E-state index contributed by atoms with van der Waals surface area (Å²) in [5.41, 5.74) is 1.05. The van der Waals surface area contributed by atoms with Crippen LogP contribution in [-0.2, 0) is 0 Å². The van der Waals surface area contributed by atoms with E-state index in [9.17, 15) is 4.79 Å². The number of aromatic amines is 1. The number of H-pyrrole nitrogens is 1. The maximum atomic E-state index is 12.2. The van der Waals surface area contributed by atoms with E-state index in [2.05, 4.69) is 4.98 Å². The van der Waals surface area contributed by atoms with Crippen molar-refractivity contribution in [3.63, 3.8) is 0 Å². The fraction of sp³-hybridized carbons (Fsp3) is 0.214. The Bertz CT molecular complexity index is 680. The summed E-state index contributed by atoms with van der Waals surface area (Å²) in [5, 5.41) is 0.694. The molecular weight excluding hydrogens is 214 g/mol. The van der Waals surface area contributed by atoms with Crippen LogP contribution in [-0.4, -0.2) is 10.6 Å². The van der Waals surface area contributed by atoms with Crippen LogP contribution in [0.5, 0.6) is 5.88 Å². The van der Waals surface area contributed by atoms with E-state index in [4.69, 9.17) is 4.74 Å². The number of ether oxygens (including phenoxy) is 1. The fourth-order valence-corrected chi connectivity index (χ4v) is 2.04. The molecule has 1 aromatic heterocycles. The molecule has 0 atom stereocenters. The molecule has 0 saturated carbocycles. The number of hydrogen-bond acceptors (Lipinski definition) is 2. The van der Waals surface area contributed by atoms with Crippen LogP contribution < -0.4 is 10.2 Å². The summed E-state index contributed by atoms with van der Waals surface area (Å²) in [6, 6.07) is 7.46. The van der Waals surface area contributed by atoms with Gasteiger partial charge in [0.25, 0.3) is 0 Å². The predicted octanol–water partition coefficient (Wildman–Crippen LogP) is 2.71. The molecular formula is C14H13NO2. The lowest BCUT2D eigenvalue weighted by molar-refractivity contribution is 0.151. The summed E-state index contributed by atoms with van der Waals surface area (Å²) in [5.74, 6) is 0.557. The Hall–Kier alpha value is -2.03. The topological polar surface area (TPSA) is 42.1 Å². The molecule has 3 rings (SSSR count). The molecule has 1 aliphatic rings. The van der Waals surface area contributed by atoms with Gasteiger partial charge in [0.15, 0.2) is 5.43 Å². The van der Waals surface area contributed by atoms with Gasteiger partial charge in [-0.25, -0.2) is 0 Å². The van der Waals surface area contributed by atoms with Crippen molar-refractivity contribution in [3.8, 4) is 5.88 Å². The maximum Gasteiger partial charge on any atom is 0.203 e. The zero-order chi connectivity index (χ0) is 12.0. The minimum Gasteiger partial charge on any atom is -0.468 e. The zero-order valence-corrected chi connectivity index (χ0v) is 9.78. The Morgan fingerprint density at radius 1 is 1.24 bits per heavy atom. The highest BCUT2D eigenvalue weighted by Gasteiger charge is 2.24. The minimum absolute atomic E-state index is 0.0149. The normalized spacial score (nSPS) is 16.6. The lowest BCUT2D eigenvalue weighted by atomic mass is 10.0. The number of aromatic nitrogens is 1. The first-order chi connectivity index (χ1) is 8.07. The van der Waals surface area contributed by atoms with E-state index in [1.165, 1.54) is 0 Å². The lowest BCUT2D eigenvalue weighted by Crippen LogP contribution is -2.30. The summed E-state index contributed by atoms with van der Waals surface area (Å²) >= 11 is 0. The molecule has 17 heavy (non-hydrogen) atoms. The second-order valence-corrected chi connectivity index (χ2v) is 4.78. The first kappa shape index (κ1) is 10.1. The molecule has 0 fully saturated rings. The Labute approximate surface area is 98.7 Å². The third kappa shape index (κ3) is 1.55. The fourth-order valence-electron chi connectivity index (χ4n) is 2.04. The highest BCUT2D eigenvalue weighted by atomic mass is 16.5. The molecule has 2 heterocycles. The van der Waals surface area contributed by atoms with Crippen molar-refractivity contribution in [3.05, 3.63) is 46.1 Å². The van der Waals surface area contributed by atoms with E-state index in [-0.39, 0.29) is 11.0 Å². The van der Waals surface area contributed by atoms with E-state index in [1.807, 2.05) is 50.3 Å². The number of nitrogens with one attached hydrogen (secondary N) is 1. The average Bonchev–Trinajstić information content (AvgIpc) is 2.27. The van der Waals surface area contributed by atoms with E-state index >= 15 is 0 Å². The van der Waals surface area contributed by atoms with Gasteiger partial charge < -0.3 is 9.72 Å². The Morgan fingerprint density at radius 2 is 2.00 bits per heavy atom. The van der Waals surface area contributed by atoms with Gasteiger partial charge in [0, 0.05) is 5.39 Å². The molecule has 0 amide bonds. The van der Waals surface area contributed by atoms with Gasteiger partial charge >= 0.3 is 0 Å². The SMILES string of the molecule is CC1(C)C=Cc2c([nH]c3ccccc3c2=O)O1. The molecule has 0 spiro atoms. The number of fused-ring (bicyclic) bond motifs is 2. The molecule has 0 bridgehead atoms. The summed E-state index contributed by atoms with van der Waals surface area (Å²) < 4.78 is 5.77. The van der Waals surface area contributed by atoms with Crippen LogP contribution in [0, 0.1) is 0 Å². The van der Waals surface area contributed by atoms with Crippen molar-refractivity contribution in [1.82, 2.24) is 4.98 Å². The van der Waals surface area contributed by atoms with Gasteiger partial charge in [-0.1, -0.05) is 12.1 Å². The Balaban J connectivity index is 2.36. The highest BCUT2D eigenvalue weighted by molar-refractivity contribution is 5.82. The maximum absolute atomic E-state index is 12.2. The van der Waals surface area contributed by atoms with Gasteiger partial charge in [-0.2, -0.15) is 0 Å². The molecule has 0 radical (unpaired) electrons. The number of pyridine rings is 1. The predicted molar refractivity (Wildman–Crippen MR) is 68.3 cm³/mol. The second-order valence-electron chi connectivity index (χ2n) is 4.78. The first-order valence-electron chi connectivity index (χ1n) is 5.60. The highest BCUT2D eigenvalue weighted by Crippen LogP contribution is 2.28. The smallest absolute Gasteiger partial charge is 0.203 e. The summed E-state index contributed by atoms with van der Waals surface area (Å²) in [4.78, 5) is 15.4. The summed E-state index contributed by atoms with van der Waals surface area (Å²) in [6.45, 7) is 3.92. The average molecular weight is 227 g/mol. The molecule has 3 nitrogen and oxygen atoms in total. The molecule has 2 aromatic rings. The van der Waals surface area contributed by atoms with Crippen LogP contribution in [0.25, 0.3) is 17.0 Å². The van der Waals surface area contributed by atoms with E-state index in [0.717, 1.165) is 5.52 Å². The Kier molecular flexibility index (Phi) is 1.93. The van der Waals surface area contributed by atoms with Crippen molar-refractivity contribution in [2.24, 2.45) is 0 Å². The van der Waals surface area contributed by atoms with Gasteiger partial charge in [0.05, 0.1) is 11.1 Å². The lowest BCUT2D eigenvalue weighted by Gasteiger charge is -2.27. The summed E-state index contributed by atoms with van der Waals surface area (Å²) in [6.07, 6.45) is 3.74. The van der Waals surface area contributed by atoms with Gasteiger partial charge in [0.2, 0.25) is 5.88 Å². The van der Waals surface area contributed by atoms with Crippen LogP contribution in [0.1, 0.15) is 19.4 Å². The van der Waals surface area contributed by atoms with Gasteiger partial charge in [-0.05, 0) is 38.1 Å². The van der Waals surface area contributed by atoms with Gasteiger partial charge in [-0.3, -0.25) is 4.79 Å². The van der Waals surface area contributed by atoms with Gasteiger partial charge in [-0.15, -0.1) is 0 Å². The van der Waals surface area contributed by atoms with E-state index < -0.39 is 0 Å². The quantitative estimate of drug-likeness (QED) is 0.751. The first-order valence-corrected chi connectivity index (χ1v) is 5.60. The third-order valence-corrected chi connectivity index (χ3v) is 2.93. The van der Waals surface area contributed by atoms with Crippen molar-refractivity contribution < 1.29 is 4.74 Å². The minimum atomic E-state index is -0.377. The molecule has 1 aromatic carbocycles. The zero-order valence-electron chi connectivity index (χ0n) is 9.78. The number of benzene rings is 1. The van der Waals surface area contributed by atoms with Crippen LogP contribution in [0.15, 0.2) is 35.1 Å². The molecule has 0 aliphatic carbocycles. The van der Waals surface area contributed by atoms with E-state index in [1.54, 1.807) is 0 Å². The second kappa shape index (κ2) is 3.23. The largest absolute Gasteiger partial charge is 0.468 e. The number of para-hydroxylation sites is 1. The van der Waals surface area contributed by atoms with Crippen LogP contribution >= 0.6 is 0 Å². The van der Waals surface area contributed by atoms with Crippen molar-refractivity contribution in [2.45, 2.75) is 19.4 Å². The Morgan fingerprint density at radius 3 is 2.82 bits per heavy atom. The van der Waals surface area contributed by atoms with Crippen molar-refractivity contribution >= 4 is 17.0 Å². The van der Waals surface area contributed by atoms with Crippen LogP contribution in [0.2, 0.25) is 0 Å². The monoisotopic (exact) mass is 227 g/mol. The van der Waals surface area contributed by atoms with E-state index in [0.29, 0.717) is 16.8 Å². The molecule has 86 valence electrons. The molecule has 0 unspecified atom stereocenters. The van der Waals surface area contributed by atoms with Crippen molar-refractivity contribution in [2.75, 3.05) is 0 Å². The molecule has 1 N–H and O–H groups in total.